The SMILES string of the molecule is CC1CCC2(OC1)OC1CC3C4CC(O)C5CC(OC6OC(CO)C(O)C(O)C6O)CCC5(C)C4CCC3(C)C1C2C. The second-order valence-corrected chi connectivity index (χ2v) is 16.0. The predicted molar refractivity (Wildman–Crippen MR) is 152 cm³/mol. The maximum absolute atomic E-state index is 11.7. The topological polar surface area (TPSA) is 138 Å². The van der Waals surface area contributed by atoms with Crippen LogP contribution in [0.25, 0.3) is 0 Å². The van der Waals surface area contributed by atoms with Gasteiger partial charge < -0.3 is 44.5 Å². The molecule has 0 radical (unpaired) electrons. The first-order valence-electron chi connectivity index (χ1n) is 16.9. The van der Waals surface area contributed by atoms with Crippen molar-refractivity contribution in [2.24, 2.45) is 52.3 Å². The Hall–Kier alpha value is -0.360. The number of aliphatic hydroxyl groups is 5. The lowest BCUT2D eigenvalue weighted by Crippen LogP contribution is -2.61. The molecule has 0 aromatic rings. The van der Waals surface area contributed by atoms with Gasteiger partial charge in [0.25, 0.3) is 0 Å². The van der Waals surface area contributed by atoms with Gasteiger partial charge >= 0.3 is 0 Å². The number of hydrogen-bond donors (Lipinski definition) is 5. The highest BCUT2D eigenvalue weighted by Gasteiger charge is 2.70. The van der Waals surface area contributed by atoms with E-state index in [1.165, 1.54) is 19.3 Å². The molecule has 7 rings (SSSR count). The lowest BCUT2D eigenvalue weighted by molar-refractivity contribution is -0.317. The third kappa shape index (κ3) is 4.35. The lowest BCUT2D eigenvalue weighted by Gasteiger charge is -2.62. The molecular formula is C33H54O9. The van der Waals surface area contributed by atoms with Crippen LogP contribution in [0.5, 0.6) is 0 Å². The molecular weight excluding hydrogens is 540 g/mol. The summed E-state index contributed by atoms with van der Waals surface area (Å²) in [7, 11) is 0. The van der Waals surface area contributed by atoms with E-state index in [1.807, 2.05) is 0 Å². The molecule has 4 aliphatic carbocycles. The highest BCUT2D eigenvalue weighted by atomic mass is 16.7. The summed E-state index contributed by atoms with van der Waals surface area (Å²) in [5.74, 6) is 2.73. The van der Waals surface area contributed by atoms with Crippen LogP contribution in [0, 0.1) is 52.3 Å². The average molecular weight is 595 g/mol. The normalized spacial score (nSPS) is 60.9. The van der Waals surface area contributed by atoms with Gasteiger partial charge in [-0.15, -0.1) is 0 Å². The molecule has 5 N–H and O–H groups in total. The minimum absolute atomic E-state index is 0.00686. The van der Waals surface area contributed by atoms with E-state index in [9.17, 15) is 25.5 Å². The van der Waals surface area contributed by atoms with Crippen LogP contribution in [0.1, 0.15) is 85.5 Å². The summed E-state index contributed by atoms with van der Waals surface area (Å²) in [6.45, 7) is 9.88. The van der Waals surface area contributed by atoms with Gasteiger partial charge in [0.05, 0.1) is 31.5 Å². The highest BCUT2D eigenvalue weighted by molar-refractivity contribution is 5.16. The van der Waals surface area contributed by atoms with Gasteiger partial charge in [0, 0.05) is 12.3 Å². The number of ether oxygens (including phenoxy) is 4. The van der Waals surface area contributed by atoms with Crippen molar-refractivity contribution < 1.29 is 44.5 Å². The number of hydrogen-bond acceptors (Lipinski definition) is 9. The van der Waals surface area contributed by atoms with Gasteiger partial charge in [0.1, 0.15) is 24.4 Å². The largest absolute Gasteiger partial charge is 0.394 e. The smallest absolute Gasteiger partial charge is 0.186 e. The number of aliphatic hydroxyl groups excluding tert-OH is 5. The Morgan fingerprint density at radius 1 is 0.810 bits per heavy atom. The highest BCUT2D eigenvalue weighted by Crippen LogP contribution is 2.71. The van der Waals surface area contributed by atoms with Crippen LogP contribution in [-0.4, -0.2) is 93.6 Å². The molecule has 0 bridgehead atoms. The fraction of sp³-hybridized carbons (Fsp3) is 1.00. The molecule has 18 unspecified atom stereocenters. The summed E-state index contributed by atoms with van der Waals surface area (Å²) in [5, 5.41) is 52.2. The van der Waals surface area contributed by atoms with Crippen molar-refractivity contribution in [2.75, 3.05) is 13.2 Å². The molecule has 0 aromatic heterocycles. The van der Waals surface area contributed by atoms with Gasteiger partial charge in [-0.1, -0.05) is 27.7 Å². The Morgan fingerprint density at radius 3 is 2.29 bits per heavy atom. The van der Waals surface area contributed by atoms with E-state index in [4.69, 9.17) is 18.9 Å². The van der Waals surface area contributed by atoms with E-state index in [0.717, 1.165) is 38.7 Å². The molecule has 42 heavy (non-hydrogen) atoms. The summed E-state index contributed by atoms with van der Waals surface area (Å²) in [6.07, 6.45) is 2.02. The van der Waals surface area contributed by atoms with Crippen molar-refractivity contribution in [1.82, 2.24) is 0 Å². The van der Waals surface area contributed by atoms with Crippen LogP contribution >= 0.6 is 0 Å². The molecule has 0 amide bonds. The molecule has 9 nitrogen and oxygen atoms in total. The molecule has 3 saturated heterocycles. The molecule has 0 aromatic carbocycles. The van der Waals surface area contributed by atoms with Gasteiger partial charge in [-0.3, -0.25) is 0 Å². The standard InChI is InChI=1S/C33H54O9/c1-16-5-10-33(39-15-16)17(2)26-24(42-33)13-21-19-12-23(35)22-11-18(6-8-31(22,3)20(19)7-9-32(21,26)4)40-30-29(38)28(37)27(36)25(14-34)41-30/h16-30,34-38H,5-15H2,1-4H3. The zero-order valence-corrected chi connectivity index (χ0v) is 25.8. The molecule has 1 spiro atoms. The van der Waals surface area contributed by atoms with Crippen molar-refractivity contribution in [3.05, 3.63) is 0 Å². The molecule has 3 heterocycles. The summed E-state index contributed by atoms with van der Waals surface area (Å²) in [5.41, 5.74) is 0.209. The molecule has 3 aliphatic heterocycles. The maximum Gasteiger partial charge on any atom is 0.186 e. The van der Waals surface area contributed by atoms with Crippen LogP contribution in [-0.2, 0) is 18.9 Å². The molecule has 9 heteroatoms. The van der Waals surface area contributed by atoms with Gasteiger partial charge in [0.2, 0.25) is 0 Å². The molecule has 7 aliphatic rings. The van der Waals surface area contributed by atoms with Crippen molar-refractivity contribution in [3.63, 3.8) is 0 Å². The van der Waals surface area contributed by atoms with Crippen LogP contribution in [0.2, 0.25) is 0 Å². The summed E-state index contributed by atoms with van der Waals surface area (Å²) in [4.78, 5) is 0. The molecule has 7 fully saturated rings. The van der Waals surface area contributed by atoms with Gasteiger partial charge in [-0.2, -0.15) is 0 Å². The average Bonchev–Trinajstić information content (AvgIpc) is 3.41. The van der Waals surface area contributed by atoms with E-state index in [-0.39, 0.29) is 29.0 Å². The number of rotatable bonds is 3. The van der Waals surface area contributed by atoms with Gasteiger partial charge in [-0.25, -0.2) is 0 Å². The predicted octanol–water partition coefficient (Wildman–Crippen LogP) is 2.59. The lowest BCUT2D eigenvalue weighted by atomic mass is 9.43. The van der Waals surface area contributed by atoms with E-state index in [1.54, 1.807) is 0 Å². The zero-order chi connectivity index (χ0) is 29.8. The van der Waals surface area contributed by atoms with Crippen molar-refractivity contribution in [1.29, 1.82) is 0 Å². The van der Waals surface area contributed by atoms with E-state index in [0.29, 0.717) is 41.9 Å². The van der Waals surface area contributed by atoms with Crippen molar-refractivity contribution >= 4 is 0 Å². The van der Waals surface area contributed by atoms with Crippen LogP contribution in [0.15, 0.2) is 0 Å². The van der Waals surface area contributed by atoms with Crippen LogP contribution in [0.4, 0.5) is 0 Å². The first-order valence-corrected chi connectivity index (χ1v) is 16.9. The first-order chi connectivity index (χ1) is 19.9. The minimum atomic E-state index is -1.45. The Morgan fingerprint density at radius 2 is 1.57 bits per heavy atom. The van der Waals surface area contributed by atoms with Crippen molar-refractivity contribution in [2.45, 2.75) is 140 Å². The monoisotopic (exact) mass is 594 g/mol. The van der Waals surface area contributed by atoms with Crippen LogP contribution in [0.3, 0.4) is 0 Å². The maximum atomic E-state index is 11.7. The molecule has 4 saturated carbocycles. The van der Waals surface area contributed by atoms with Crippen LogP contribution < -0.4 is 0 Å². The fourth-order valence-electron chi connectivity index (χ4n) is 11.8. The van der Waals surface area contributed by atoms with Gasteiger partial charge in [0.15, 0.2) is 12.1 Å². The third-order valence-corrected chi connectivity index (χ3v) is 14.1. The fourth-order valence-corrected chi connectivity index (χ4v) is 11.8. The second kappa shape index (κ2) is 10.6. The minimum Gasteiger partial charge on any atom is -0.394 e. The van der Waals surface area contributed by atoms with E-state index >= 15 is 0 Å². The summed E-state index contributed by atoms with van der Waals surface area (Å²) in [6, 6.07) is 0. The van der Waals surface area contributed by atoms with Crippen molar-refractivity contribution in [3.8, 4) is 0 Å². The zero-order valence-electron chi connectivity index (χ0n) is 25.8. The Labute approximate surface area is 250 Å². The molecule has 18 atom stereocenters. The first kappa shape index (κ1) is 30.3. The van der Waals surface area contributed by atoms with E-state index in [2.05, 4.69) is 27.7 Å². The quantitative estimate of drug-likeness (QED) is 0.312. The Balaban J connectivity index is 1.05. The van der Waals surface area contributed by atoms with E-state index < -0.39 is 49.2 Å². The Bertz CT molecular complexity index is 1000. The molecule has 240 valence electrons. The second-order valence-electron chi connectivity index (χ2n) is 16.0. The van der Waals surface area contributed by atoms with Gasteiger partial charge in [-0.05, 0) is 97.7 Å². The third-order valence-electron chi connectivity index (χ3n) is 14.1. The Kier molecular flexibility index (Phi) is 7.64. The summed E-state index contributed by atoms with van der Waals surface area (Å²) < 4.78 is 25.2. The number of fused-ring (bicyclic) bond motifs is 7. The summed E-state index contributed by atoms with van der Waals surface area (Å²) >= 11 is 0.